The molecule has 0 radical (unpaired) electrons. The summed E-state index contributed by atoms with van der Waals surface area (Å²) in [7, 11) is 1.26. The van der Waals surface area contributed by atoms with E-state index in [2.05, 4.69) is 15.1 Å². The first-order chi connectivity index (χ1) is 15.2. The number of benzene rings is 1. The Morgan fingerprint density at radius 1 is 1.09 bits per heavy atom. The summed E-state index contributed by atoms with van der Waals surface area (Å²) in [4.78, 5) is 22.4. The van der Waals surface area contributed by atoms with Crippen molar-refractivity contribution in [2.75, 3.05) is 5.75 Å². The van der Waals surface area contributed by atoms with Gasteiger partial charge in [0.1, 0.15) is 11.4 Å². The van der Waals surface area contributed by atoms with Crippen LogP contribution < -0.4 is 0 Å². The van der Waals surface area contributed by atoms with Crippen LogP contribution in [-0.2, 0) is 13.2 Å². The topological polar surface area (TPSA) is 60.7 Å². The molecule has 0 fully saturated rings. The first kappa shape index (κ1) is 22.5. The number of nitrogens with zero attached hydrogens (tertiary/aromatic N) is 4. The second-order valence-corrected chi connectivity index (χ2v) is 9.11. The van der Waals surface area contributed by atoms with Crippen LogP contribution in [0.3, 0.4) is 0 Å². The molecule has 3 heterocycles. The van der Waals surface area contributed by atoms with Crippen molar-refractivity contribution in [3.8, 4) is 21.1 Å². The van der Waals surface area contributed by atoms with Crippen molar-refractivity contribution in [2.45, 2.75) is 11.3 Å². The predicted octanol–water partition coefficient (Wildman–Crippen LogP) is 6.25. The van der Waals surface area contributed by atoms with Crippen LogP contribution in [0.25, 0.3) is 21.1 Å². The molecular weight excluding hydrogens is 481 g/mol. The fourth-order valence-electron chi connectivity index (χ4n) is 2.86. The van der Waals surface area contributed by atoms with E-state index in [4.69, 9.17) is 11.6 Å². The fourth-order valence-corrected chi connectivity index (χ4v) is 4.65. The fraction of sp³-hybridized carbons (Fsp3) is 0.143. The number of aromatic nitrogens is 4. The van der Waals surface area contributed by atoms with Crippen molar-refractivity contribution in [3.05, 3.63) is 71.0 Å². The minimum atomic E-state index is -4.47. The van der Waals surface area contributed by atoms with Crippen molar-refractivity contribution in [2.24, 2.45) is 7.05 Å². The second-order valence-electron chi connectivity index (χ2n) is 6.64. The number of alkyl halides is 3. The molecule has 0 N–H and O–H groups in total. The van der Waals surface area contributed by atoms with Gasteiger partial charge in [-0.2, -0.15) is 18.3 Å². The van der Waals surface area contributed by atoms with Crippen molar-refractivity contribution in [3.63, 3.8) is 0 Å². The lowest BCUT2D eigenvalue weighted by Crippen LogP contribution is -2.11. The second kappa shape index (κ2) is 9.05. The third-order valence-corrected chi connectivity index (χ3v) is 6.66. The smallest absolute Gasteiger partial charge is 0.293 e. The van der Waals surface area contributed by atoms with Gasteiger partial charge in [-0.25, -0.2) is 9.97 Å². The Morgan fingerprint density at radius 3 is 2.44 bits per heavy atom. The minimum absolute atomic E-state index is 0.0744. The highest BCUT2D eigenvalue weighted by Gasteiger charge is 2.35. The van der Waals surface area contributed by atoms with Gasteiger partial charge in [0.15, 0.2) is 10.9 Å². The van der Waals surface area contributed by atoms with Crippen LogP contribution in [0.5, 0.6) is 0 Å². The molecule has 0 amide bonds. The quantitative estimate of drug-likeness (QED) is 0.180. The molecule has 0 aliphatic carbocycles. The van der Waals surface area contributed by atoms with Crippen molar-refractivity contribution < 1.29 is 18.0 Å². The first-order valence-electron chi connectivity index (χ1n) is 9.17. The average molecular weight is 495 g/mol. The van der Waals surface area contributed by atoms with Crippen molar-refractivity contribution >= 4 is 40.5 Å². The van der Waals surface area contributed by atoms with Crippen molar-refractivity contribution in [1.29, 1.82) is 0 Å². The Kier molecular flexibility index (Phi) is 6.36. The number of ketones is 1. The van der Waals surface area contributed by atoms with Gasteiger partial charge in [-0.3, -0.25) is 9.48 Å². The summed E-state index contributed by atoms with van der Waals surface area (Å²) in [6.45, 7) is 0. The molecule has 0 saturated heterocycles. The van der Waals surface area contributed by atoms with Gasteiger partial charge >= 0.3 is 6.18 Å². The third-order valence-electron chi connectivity index (χ3n) is 4.41. The number of thioether (sulfide) groups is 1. The predicted molar refractivity (Wildman–Crippen MR) is 119 cm³/mol. The molecule has 32 heavy (non-hydrogen) atoms. The number of halogens is 4. The Labute approximate surface area is 194 Å². The van der Waals surface area contributed by atoms with E-state index in [9.17, 15) is 18.0 Å². The molecule has 0 spiro atoms. The van der Waals surface area contributed by atoms with Crippen LogP contribution in [0.4, 0.5) is 13.2 Å². The van der Waals surface area contributed by atoms with E-state index < -0.39 is 11.9 Å². The number of carbonyl (C=O) groups excluding carboxylic acids is 1. The molecule has 11 heteroatoms. The molecule has 0 unspecified atom stereocenters. The molecule has 0 aliphatic heterocycles. The van der Waals surface area contributed by atoms with E-state index in [1.54, 1.807) is 48.7 Å². The maximum atomic E-state index is 13.0. The highest BCUT2D eigenvalue weighted by atomic mass is 35.5. The molecule has 0 saturated carbocycles. The van der Waals surface area contributed by atoms with Crippen LogP contribution in [0.2, 0.25) is 5.02 Å². The lowest BCUT2D eigenvalue weighted by Gasteiger charge is -2.04. The number of rotatable bonds is 6. The number of hydrogen-bond acceptors (Lipinski definition) is 6. The van der Waals surface area contributed by atoms with Gasteiger partial charge in [-0.1, -0.05) is 23.4 Å². The summed E-state index contributed by atoms with van der Waals surface area (Å²) in [6.07, 6.45) is -2.89. The summed E-state index contributed by atoms with van der Waals surface area (Å²) >= 11 is 8.33. The number of thiophene rings is 1. The zero-order chi connectivity index (χ0) is 22.9. The molecule has 164 valence electrons. The largest absolute Gasteiger partial charge is 0.433 e. The van der Waals surface area contributed by atoms with Gasteiger partial charge in [0, 0.05) is 23.8 Å². The van der Waals surface area contributed by atoms with E-state index in [0.717, 1.165) is 15.6 Å². The number of carbonyl (C=O) groups is 1. The highest BCUT2D eigenvalue weighted by Crippen LogP contribution is 2.36. The molecular formula is C21H14ClF3N4OS2. The normalized spacial score (nSPS) is 11.7. The van der Waals surface area contributed by atoms with Gasteiger partial charge in [-0.15, -0.1) is 11.3 Å². The lowest BCUT2D eigenvalue weighted by molar-refractivity contribution is -0.143. The molecule has 5 nitrogen and oxygen atoms in total. The average Bonchev–Trinajstić information content (AvgIpc) is 3.39. The van der Waals surface area contributed by atoms with E-state index in [0.29, 0.717) is 26.3 Å². The van der Waals surface area contributed by atoms with Gasteiger partial charge in [0.25, 0.3) is 0 Å². The third kappa shape index (κ3) is 5.03. The molecule has 4 aromatic rings. The van der Waals surface area contributed by atoms with Crippen molar-refractivity contribution in [1.82, 2.24) is 19.7 Å². The van der Waals surface area contributed by atoms with Crippen LogP contribution in [0.15, 0.2) is 59.9 Å². The van der Waals surface area contributed by atoms with Crippen LogP contribution in [0, 0.1) is 0 Å². The molecule has 3 aromatic heterocycles. The number of hydrogen-bond donors (Lipinski definition) is 0. The molecule has 0 aliphatic rings. The van der Waals surface area contributed by atoms with Gasteiger partial charge in [0.2, 0.25) is 0 Å². The SMILES string of the molecule is Cn1nc(-c2ccc(-c3ccnc(SCC(=O)c4ccc(Cl)cc4)n3)s2)cc1C(F)(F)F. The minimum Gasteiger partial charge on any atom is -0.293 e. The zero-order valence-corrected chi connectivity index (χ0v) is 18.8. The number of aryl methyl sites for hydroxylation is 1. The standard InChI is InChI=1S/C21H14ClF3N4OS2/c1-29-19(21(23,24)25)10-15(28-29)18-7-6-17(32-18)14-8-9-26-20(27-14)31-11-16(30)12-2-4-13(22)5-3-12/h2-10H,11H2,1H3. The Balaban J connectivity index is 1.49. The maximum Gasteiger partial charge on any atom is 0.433 e. The van der Waals surface area contributed by atoms with E-state index in [-0.39, 0.29) is 17.2 Å². The van der Waals surface area contributed by atoms with Gasteiger partial charge in [-0.05, 0) is 48.5 Å². The Bertz CT molecular complexity index is 1270. The van der Waals surface area contributed by atoms with Crippen LogP contribution >= 0.6 is 34.7 Å². The van der Waals surface area contributed by atoms with E-state index in [1.807, 2.05) is 0 Å². The first-order valence-corrected chi connectivity index (χ1v) is 11.3. The summed E-state index contributed by atoms with van der Waals surface area (Å²) in [5.41, 5.74) is 0.598. The molecule has 0 atom stereocenters. The van der Waals surface area contributed by atoms with E-state index >= 15 is 0 Å². The van der Waals surface area contributed by atoms with Gasteiger partial charge in [0.05, 0.1) is 21.2 Å². The zero-order valence-electron chi connectivity index (χ0n) is 16.4. The maximum absolute atomic E-state index is 13.0. The summed E-state index contributed by atoms with van der Waals surface area (Å²) in [5, 5.41) is 4.96. The van der Waals surface area contributed by atoms with Crippen LogP contribution in [0.1, 0.15) is 16.1 Å². The summed E-state index contributed by atoms with van der Waals surface area (Å²) in [5.74, 6) is 0.0873. The highest BCUT2D eigenvalue weighted by molar-refractivity contribution is 7.99. The summed E-state index contributed by atoms with van der Waals surface area (Å²) < 4.78 is 39.9. The monoisotopic (exact) mass is 494 g/mol. The Morgan fingerprint density at radius 2 is 1.78 bits per heavy atom. The molecule has 4 rings (SSSR count). The lowest BCUT2D eigenvalue weighted by atomic mass is 10.1. The van der Waals surface area contributed by atoms with Crippen LogP contribution in [-0.4, -0.2) is 31.3 Å². The van der Waals surface area contributed by atoms with E-state index in [1.165, 1.54) is 30.1 Å². The number of Topliss-reactive ketones (excluding diaryl/α,β-unsaturated/α-hetero) is 1. The molecule has 1 aromatic carbocycles. The van der Waals surface area contributed by atoms with Gasteiger partial charge < -0.3 is 0 Å². The Hall–Kier alpha value is -2.69. The summed E-state index contributed by atoms with van der Waals surface area (Å²) in [6, 6.07) is 12.9. The molecule has 0 bridgehead atoms.